The maximum atomic E-state index is 12.6. The molecule has 0 radical (unpaired) electrons. The summed E-state index contributed by atoms with van der Waals surface area (Å²) >= 11 is 0. The van der Waals surface area contributed by atoms with Crippen LogP contribution in [0.15, 0.2) is 35.7 Å². The Bertz CT molecular complexity index is 831. The smallest absolute Gasteiger partial charge is 0.416 e. The van der Waals surface area contributed by atoms with Gasteiger partial charge in [0.05, 0.1) is 5.56 Å². The number of carboxylic acids is 1. The Morgan fingerprint density at radius 1 is 0.935 bits per heavy atom. The predicted molar refractivity (Wildman–Crippen MR) is 104 cm³/mol. The molecule has 0 spiro atoms. The fraction of sp³-hybridized carbons (Fsp3) is 0.450. The van der Waals surface area contributed by atoms with Crippen LogP contribution >= 0.6 is 0 Å². The topological polar surface area (TPSA) is 128 Å². The molecule has 0 aromatic heterocycles. The van der Waals surface area contributed by atoms with Crippen molar-refractivity contribution in [2.24, 2.45) is 0 Å². The van der Waals surface area contributed by atoms with Crippen molar-refractivity contribution in [3.8, 4) is 0 Å². The third-order valence-corrected chi connectivity index (χ3v) is 4.77. The summed E-state index contributed by atoms with van der Waals surface area (Å²) in [6.45, 7) is -0.929. The molecule has 8 nitrogen and oxygen atoms in total. The van der Waals surface area contributed by atoms with E-state index in [0.29, 0.717) is 5.56 Å². The first-order chi connectivity index (χ1) is 14.6. The van der Waals surface area contributed by atoms with Crippen molar-refractivity contribution in [1.82, 2.24) is 16.0 Å². The number of carboxylic acid groups (broad SMARTS) is 1. The van der Waals surface area contributed by atoms with Crippen LogP contribution in [0, 0.1) is 0 Å². The van der Waals surface area contributed by atoms with Crippen molar-refractivity contribution in [1.29, 1.82) is 0 Å². The fourth-order valence-corrected chi connectivity index (χ4v) is 3.15. The van der Waals surface area contributed by atoms with Gasteiger partial charge in [0, 0.05) is 12.6 Å². The summed E-state index contributed by atoms with van der Waals surface area (Å²) in [7, 11) is 0. The molecule has 1 aromatic rings. The summed E-state index contributed by atoms with van der Waals surface area (Å²) in [6.07, 6.45) is -0.194. The van der Waals surface area contributed by atoms with Crippen molar-refractivity contribution in [2.75, 3.05) is 6.54 Å². The molecular formula is C20H24F3N3O5. The summed E-state index contributed by atoms with van der Waals surface area (Å²) in [5.41, 5.74) is -1.17. The molecule has 0 unspecified atom stereocenters. The van der Waals surface area contributed by atoms with E-state index in [1.54, 1.807) is 0 Å². The monoisotopic (exact) mass is 443 g/mol. The molecule has 0 heterocycles. The minimum absolute atomic E-state index is 0.170. The number of carbonyl (C=O) groups excluding carboxylic acids is 2. The molecule has 170 valence electrons. The van der Waals surface area contributed by atoms with E-state index in [2.05, 4.69) is 10.6 Å². The Hall–Kier alpha value is -3.24. The molecule has 1 saturated carbocycles. The molecular weight excluding hydrogens is 419 g/mol. The van der Waals surface area contributed by atoms with Gasteiger partial charge in [-0.05, 0) is 30.5 Å². The van der Waals surface area contributed by atoms with E-state index in [1.165, 1.54) is 12.1 Å². The lowest BCUT2D eigenvalue weighted by Gasteiger charge is -2.23. The van der Waals surface area contributed by atoms with Crippen molar-refractivity contribution in [3.05, 3.63) is 46.8 Å². The summed E-state index contributed by atoms with van der Waals surface area (Å²) in [4.78, 5) is 35.6. The van der Waals surface area contributed by atoms with Crippen LogP contribution in [0.25, 0.3) is 0 Å². The van der Waals surface area contributed by atoms with Gasteiger partial charge in [0.15, 0.2) is 5.57 Å². The molecule has 1 aliphatic rings. The van der Waals surface area contributed by atoms with Gasteiger partial charge in [0.1, 0.15) is 6.54 Å². The molecule has 11 heteroatoms. The summed E-state index contributed by atoms with van der Waals surface area (Å²) < 4.78 is 37.9. The number of alkyl halides is 3. The van der Waals surface area contributed by atoms with Crippen molar-refractivity contribution < 1.29 is 37.8 Å². The number of hydrogen-bond donors (Lipinski definition) is 5. The quantitative estimate of drug-likeness (QED) is 0.181. The second-order valence-electron chi connectivity index (χ2n) is 7.16. The minimum atomic E-state index is -4.49. The highest BCUT2D eigenvalue weighted by molar-refractivity contribution is 6.19. The van der Waals surface area contributed by atoms with Gasteiger partial charge in [-0.2, -0.15) is 13.2 Å². The first-order valence-electron chi connectivity index (χ1n) is 9.72. The Balaban J connectivity index is 2.13. The number of nitrogens with one attached hydrogen (secondary N) is 3. The number of carbonyl (C=O) groups is 3. The van der Waals surface area contributed by atoms with Gasteiger partial charge in [-0.3, -0.25) is 14.4 Å². The Morgan fingerprint density at radius 2 is 1.55 bits per heavy atom. The van der Waals surface area contributed by atoms with Gasteiger partial charge in [0.2, 0.25) is 5.88 Å². The Labute approximate surface area is 176 Å². The maximum Gasteiger partial charge on any atom is 0.416 e. The van der Waals surface area contributed by atoms with Crippen LogP contribution in [0.1, 0.15) is 43.2 Å². The zero-order valence-corrected chi connectivity index (χ0v) is 16.6. The van der Waals surface area contributed by atoms with Crippen LogP contribution in [0.5, 0.6) is 0 Å². The van der Waals surface area contributed by atoms with Crippen molar-refractivity contribution in [3.63, 3.8) is 0 Å². The highest BCUT2D eigenvalue weighted by Crippen LogP contribution is 2.29. The molecule has 0 atom stereocenters. The standard InChI is InChI=1S/C20H24F3N3O5/c21-20(22,23)13-8-6-12(7-9-13)10-24-17(29)16(18(30)25-11-15(27)28)19(31)26-14-4-2-1-3-5-14/h6-9,14,24,29H,1-5,10-11H2,(H,25,30)(H,26,31)(H,27,28). The molecule has 1 fully saturated rings. The van der Waals surface area contributed by atoms with Gasteiger partial charge in [-0.15, -0.1) is 0 Å². The molecule has 5 N–H and O–H groups in total. The number of amides is 2. The van der Waals surface area contributed by atoms with Crippen LogP contribution in [0.4, 0.5) is 13.2 Å². The fourth-order valence-electron chi connectivity index (χ4n) is 3.15. The van der Waals surface area contributed by atoms with Gasteiger partial charge < -0.3 is 26.2 Å². The lowest BCUT2D eigenvalue weighted by molar-refractivity contribution is -0.138. The molecule has 0 bridgehead atoms. The van der Waals surface area contributed by atoms with Gasteiger partial charge in [0.25, 0.3) is 11.8 Å². The van der Waals surface area contributed by atoms with Crippen LogP contribution in [-0.2, 0) is 27.1 Å². The van der Waals surface area contributed by atoms with Gasteiger partial charge in [-0.25, -0.2) is 0 Å². The number of hydrogen-bond acceptors (Lipinski definition) is 5. The Morgan fingerprint density at radius 3 is 2.10 bits per heavy atom. The second kappa shape index (κ2) is 10.7. The van der Waals surface area contributed by atoms with E-state index in [4.69, 9.17) is 5.11 Å². The number of aliphatic carboxylic acids is 1. The summed E-state index contributed by atoms with van der Waals surface area (Å²) in [5, 5.41) is 26.1. The van der Waals surface area contributed by atoms with Crippen molar-refractivity contribution in [2.45, 2.75) is 50.9 Å². The van der Waals surface area contributed by atoms with E-state index >= 15 is 0 Å². The van der Waals surface area contributed by atoms with E-state index in [1.807, 2.05) is 5.32 Å². The lowest BCUT2D eigenvalue weighted by atomic mass is 9.95. The highest BCUT2D eigenvalue weighted by Gasteiger charge is 2.30. The van der Waals surface area contributed by atoms with E-state index in [0.717, 1.165) is 44.2 Å². The highest BCUT2D eigenvalue weighted by atomic mass is 19.4. The average molecular weight is 443 g/mol. The average Bonchev–Trinajstić information content (AvgIpc) is 2.71. The Kier molecular flexibility index (Phi) is 8.29. The number of halogens is 3. The lowest BCUT2D eigenvalue weighted by Crippen LogP contribution is -2.43. The normalized spacial score (nSPS) is 15.6. The number of rotatable bonds is 8. The van der Waals surface area contributed by atoms with Crippen LogP contribution in [-0.4, -0.2) is 40.6 Å². The molecule has 0 aliphatic heterocycles. The predicted octanol–water partition coefficient (Wildman–Crippen LogP) is 2.21. The van der Waals surface area contributed by atoms with Crippen LogP contribution < -0.4 is 16.0 Å². The van der Waals surface area contributed by atoms with Gasteiger partial charge in [-0.1, -0.05) is 31.4 Å². The third-order valence-electron chi connectivity index (χ3n) is 4.77. The van der Waals surface area contributed by atoms with E-state index in [9.17, 15) is 32.7 Å². The summed E-state index contributed by atoms with van der Waals surface area (Å²) in [5.74, 6) is -4.10. The summed E-state index contributed by atoms with van der Waals surface area (Å²) in [6, 6.07) is 3.94. The van der Waals surface area contributed by atoms with E-state index < -0.39 is 47.5 Å². The van der Waals surface area contributed by atoms with Gasteiger partial charge >= 0.3 is 12.1 Å². The maximum absolute atomic E-state index is 12.6. The minimum Gasteiger partial charge on any atom is -0.494 e. The SMILES string of the molecule is O=C(O)CNC(=O)C(C(=O)NC1CCCCC1)=C(O)NCc1ccc(C(F)(F)F)cc1. The molecule has 2 rings (SSSR count). The molecule has 1 aromatic carbocycles. The number of aliphatic hydroxyl groups excluding tert-OH is 1. The first kappa shape index (κ1) is 24.0. The van der Waals surface area contributed by atoms with Crippen LogP contribution in [0.3, 0.4) is 0 Å². The zero-order valence-electron chi connectivity index (χ0n) is 16.6. The first-order valence-corrected chi connectivity index (χ1v) is 9.72. The second-order valence-corrected chi connectivity index (χ2v) is 7.16. The molecule has 1 aliphatic carbocycles. The number of aliphatic hydroxyl groups is 1. The number of benzene rings is 1. The molecule has 0 saturated heterocycles. The van der Waals surface area contributed by atoms with Crippen molar-refractivity contribution >= 4 is 17.8 Å². The third kappa shape index (κ3) is 7.50. The van der Waals surface area contributed by atoms with Crippen LogP contribution in [0.2, 0.25) is 0 Å². The zero-order chi connectivity index (χ0) is 23.0. The molecule has 2 amide bonds. The largest absolute Gasteiger partial charge is 0.494 e. The van der Waals surface area contributed by atoms with E-state index in [-0.39, 0.29) is 12.6 Å². The molecule has 31 heavy (non-hydrogen) atoms.